The molecule has 0 unspecified atom stereocenters. The zero-order chi connectivity index (χ0) is 13.0. The van der Waals surface area contributed by atoms with E-state index in [0.717, 1.165) is 17.9 Å². The van der Waals surface area contributed by atoms with E-state index in [2.05, 4.69) is 5.32 Å². The molecule has 1 N–H and O–H groups in total. The molecule has 1 aliphatic rings. The maximum atomic E-state index is 12.2. The van der Waals surface area contributed by atoms with E-state index in [4.69, 9.17) is 4.74 Å². The first-order valence-corrected chi connectivity index (χ1v) is 6.05. The van der Waals surface area contributed by atoms with Crippen molar-refractivity contribution in [2.24, 2.45) is 0 Å². The SMILES string of the molecule is CNCCN(C)C(=O)C1=Cc2ccccc2OC1. The number of likely N-dealkylation sites (N-methyl/N-ethyl adjacent to an activating group) is 2. The maximum Gasteiger partial charge on any atom is 0.253 e. The Kier molecular flexibility index (Phi) is 3.99. The summed E-state index contributed by atoms with van der Waals surface area (Å²) < 4.78 is 5.58. The van der Waals surface area contributed by atoms with Crippen molar-refractivity contribution in [3.8, 4) is 5.75 Å². The number of amides is 1. The van der Waals surface area contributed by atoms with Crippen molar-refractivity contribution in [2.45, 2.75) is 0 Å². The van der Waals surface area contributed by atoms with Gasteiger partial charge in [-0.05, 0) is 19.2 Å². The largest absolute Gasteiger partial charge is 0.488 e. The molecule has 0 atom stereocenters. The van der Waals surface area contributed by atoms with Gasteiger partial charge in [0, 0.05) is 25.7 Å². The zero-order valence-electron chi connectivity index (χ0n) is 10.8. The summed E-state index contributed by atoms with van der Waals surface area (Å²) in [6.45, 7) is 1.82. The molecule has 1 aromatic carbocycles. The number of hydrogen-bond donors (Lipinski definition) is 1. The Morgan fingerprint density at radius 3 is 3.00 bits per heavy atom. The summed E-state index contributed by atoms with van der Waals surface area (Å²) in [5, 5.41) is 3.03. The molecule has 1 aliphatic heterocycles. The van der Waals surface area contributed by atoms with Gasteiger partial charge in [-0.2, -0.15) is 0 Å². The van der Waals surface area contributed by atoms with Crippen molar-refractivity contribution in [3.05, 3.63) is 35.4 Å². The molecule has 2 rings (SSSR count). The second-order valence-electron chi connectivity index (χ2n) is 4.33. The van der Waals surface area contributed by atoms with Gasteiger partial charge in [0.2, 0.25) is 0 Å². The average molecular weight is 246 g/mol. The van der Waals surface area contributed by atoms with Gasteiger partial charge in [0.05, 0.1) is 5.57 Å². The summed E-state index contributed by atoms with van der Waals surface area (Å²) in [4.78, 5) is 13.9. The minimum absolute atomic E-state index is 0.0275. The quantitative estimate of drug-likeness (QED) is 0.866. The highest BCUT2D eigenvalue weighted by molar-refractivity contribution is 5.99. The highest BCUT2D eigenvalue weighted by atomic mass is 16.5. The van der Waals surface area contributed by atoms with E-state index in [0.29, 0.717) is 18.7 Å². The molecule has 0 saturated carbocycles. The molecule has 0 aliphatic carbocycles. The van der Waals surface area contributed by atoms with Crippen molar-refractivity contribution in [1.82, 2.24) is 10.2 Å². The van der Waals surface area contributed by atoms with E-state index in [9.17, 15) is 4.79 Å². The number of nitrogens with one attached hydrogen (secondary N) is 1. The molecule has 0 saturated heterocycles. The van der Waals surface area contributed by atoms with E-state index >= 15 is 0 Å². The molecule has 4 heteroatoms. The molecule has 18 heavy (non-hydrogen) atoms. The van der Waals surface area contributed by atoms with Crippen LogP contribution in [0.2, 0.25) is 0 Å². The molecule has 96 valence electrons. The fraction of sp³-hybridized carbons (Fsp3) is 0.357. The lowest BCUT2D eigenvalue weighted by molar-refractivity contribution is -0.126. The summed E-state index contributed by atoms with van der Waals surface area (Å²) in [7, 11) is 3.68. The van der Waals surface area contributed by atoms with Crippen molar-refractivity contribution in [1.29, 1.82) is 0 Å². The van der Waals surface area contributed by atoms with Crippen molar-refractivity contribution in [2.75, 3.05) is 33.8 Å². The zero-order valence-corrected chi connectivity index (χ0v) is 10.8. The van der Waals surface area contributed by atoms with Crippen LogP contribution in [0.5, 0.6) is 5.75 Å². The lowest BCUT2D eigenvalue weighted by atomic mass is 10.1. The lowest BCUT2D eigenvalue weighted by Crippen LogP contribution is -2.35. The third kappa shape index (κ3) is 2.71. The van der Waals surface area contributed by atoms with Gasteiger partial charge in [-0.25, -0.2) is 0 Å². The number of fused-ring (bicyclic) bond motifs is 1. The number of hydrogen-bond acceptors (Lipinski definition) is 3. The van der Waals surface area contributed by atoms with Gasteiger partial charge in [-0.1, -0.05) is 18.2 Å². The van der Waals surface area contributed by atoms with Gasteiger partial charge < -0.3 is 15.0 Å². The van der Waals surface area contributed by atoms with Gasteiger partial charge in [-0.15, -0.1) is 0 Å². The summed E-state index contributed by atoms with van der Waals surface area (Å²) in [6.07, 6.45) is 1.91. The third-order valence-corrected chi connectivity index (χ3v) is 2.95. The van der Waals surface area contributed by atoms with Crippen LogP contribution in [-0.4, -0.2) is 44.6 Å². The van der Waals surface area contributed by atoms with Crippen molar-refractivity contribution < 1.29 is 9.53 Å². The molecule has 0 spiro atoms. The third-order valence-electron chi connectivity index (χ3n) is 2.95. The number of carbonyl (C=O) groups excluding carboxylic acids is 1. The van der Waals surface area contributed by atoms with Crippen molar-refractivity contribution in [3.63, 3.8) is 0 Å². The molecule has 4 nitrogen and oxygen atoms in total. The van der Waals surface area contributed by atoms with Crippen LogP contribution in [0.1, 0.15) is 5.56 Å². The van der Waals surface area contributed by atoms with E-state index in [-0.39, 0.29) is 5.91 Å². The normalized spacial score (nSPS) is 13.3. The maximum absolute atomic E-state index is 12.2. The summed E-state index contributed by atoms with van der Waals surface area (Å²) in [5.41, 5.74) is 1.67. The molecule has 0 bridgehead atoms. The van der Waals surface area contributed by atoms with Gasteiger partial charge >= 0.3 is 0 Å². The van der Waals surface area contributed by atoms with Gasteiger partial charge in [0.25, 0.3) is 5.91 Å². The predicted molar refractivity (Wildman–Crippen MR) is 71.5 cm³/mol. The Labute approximate surface area is 107 Å². The van der Waals surface area contributed by atoms with E-state index in [1.165, 1.54) is 0 Å². The van der Waals surface area contributed by atoms with Gasteiger partial charge in [0.15, 0.2) is 0 Å². The fourth-order valence-electron chi connectivity index (χ4n) is 1.87. The summed E-state index contributed by atoms with van der Waals surface area (Å²) in [6, 6.07) is 7.74. The predicted octanol–water partition coefficient (Wildman–Crippen LogP) is 1.14. The molecular weight excluding hydrogens is 228 g/mol. The Balaban J connectivity index is 2.11. The number of ether oxygens (including phenoxy) is 1. The van der Waals surface area contributed by atoms with Crippen LogP contribution < -0.4 is 10.1 Å². The number of carbonyl (C=O) groups is 1. The molecule has 0 aromatic heterocycles. The van der Waals surface area contributed by atoms with Crippen LogP contribution in [0.25, 0.3) is 6.08 Å². The second-order valence-corrected chi connectivity index (χ2v) is 4.33. The standard InChI is InChI=1S/C14H18N2O2/c1-15-7-8-16(2)14(17)12-9-11-5-3-4-6-13(11)18-10-12/h3-6,9,15H,7-8,10H2,1-2H3. The summed E-state index contributed by atoms with van der Waals surface area (Å²) >= 11 is 0. The highest BCUT2D eigenvalue weighted by Gasteiger charge is 2.19. The molecule has 1 amide bonds. The Morgan fingerprint density at radius 2 is 2.22 bits per heavy atom. The van der Waals surface area contributed by atoms with Gasteiger partial charge in [0.1, 0.15) is 12.4 Å². The van der Waals surface area contributed by atoms with Crippen LogP contribution in [0.3, 0.4) is 0 Å². The van der Waals surface area contributed by atoms with E-state index in [1.54, 1.807) is 11.9 Å². The van der Waals surface area contributed by atoms with E-state index in [1.807, 2.05) is 37.4 Å². The van der Waals surface area contributed by atoms with Crippen molar-refractivity contribution >= 4 is 12.0 Å². The Morgan fingerprint density at radius 1 is 1.44 bits per heavy atom. The molecular formula is C14H18N2O2. The first kappa shape index (κ1) is 12.6. The van der Waals surface area contributed by atoms with Crippen LogP contribution in [0.4, 0.5) is 0 Å². The van der Waals surface area contributed by atoms with Crippen LogP contribution in [-0.2, 0) is 4.79 Å². The fourth-order valence-corrected chi connectivity index (χ4v) is 1.87. The number of benzene rings is 1. The first-order chi connectivity index (χ1) is 8.72. The van der Waals surface area contributed by atoms with E-state index < -0.39 is 0 Å². The van der Waals surface area contributed by atoms with Crippen LogP contribution in [0.15, 0.2) is 29.8 Å². The van der Waals surface area contributed by atoms with Crippen LogP contribution in [0, 0.1) is 0 Å². The number of nitrogens with zero attached hydrogens (tertiary/aromatic N) is 1. The molecule has 1 heterocycles. The first-order valence-electron chi connectivity index (χ1n) is 6.05. The second kappa shape index (κ2) is 5.69. The molecule has 0 fully saturated rings. The monoisotopic (exact) mass is 246 g/mol. The van der Waals surface area contributed by atoms with Gasteiger partial charge in [-0.3, -0.25) is 4.79 Å². The number of para-hydroxylation sites is 1. The Bertz CT molecular complexity index is 469. The number of rotatable bonds is 4. The highest BCUT2D eigenvalue weighted by Crippen LogP contribution is 2.26. The smallest absolute Gasteiger partial charge is 0.253 e. The Hall–Kier alpha value is -1.81. The molecule has 1 aromatic rings. The average Bonchev–Trinajstić information content (AvgIpc) is 2.43. The summed E-state index contributed by atoms with van der Waals surface area (Å²) in [5.74, 6) is 0.867. The topological polar surface area (TPSA) is 41.6 Å². The minimum Gasteiger partial charge on any atom is -0.488 e. The van der Waals surface area contributed by atoms with Crippen LogP contribution >= 0.6 is 0 Å². The molecule has 0 radical (unpaired) electrons. The lowest BCUT2D eigenvalue weighted by Gasteiger charge is -2.22. The minimum atomic E-state index is 0.0275.